The zero-order chi connectivity index (χ0) is 21.8. The van der Waals surface area contributed by atoms with Gasteiger partial charge < -0.3 is 5.32 Å². The Bertz CT molecular complexity index is 1070. The smallest absolute Gasteiger partial charge is 0.241 e. The Morgan fingerprint density at radius 1 is 1.00 bits per heavy atom. The summed E-state index contributed by atoms with van der Waals surface area (Å²) in [7, 11) is -7.10. The highest BCUT2D eigenvalue weighted by molar-refractivity contribution is 7.92. The van der Waals surface area contributed by atoms with Gasteiger partial charge in [-0.3, -0.25) is 9.10 Å². The van der Waals surface area contributed by atoms with Gasteiger partial charge in [0.05, 0.1) is 22.9 Å². The van der Waals surface area contributed by atoms with Crippen molar-refractivity contribution in [2.24, 2.45) is 0 Å². The van der Waals surface area contributed by atoms with E-state index >= 15 is 0 Å². The van der Waals surface area contributed by atoms with E-state index in [-0.39, 0.29) is 10.6 Å². The Kier molecular flexibility index (Phi) is 7.02. The topological polar surface area (TPSA) is 101 Å². The van der Waals surface area contributed by atoms with Gasteiger partial charge in [-0.1, -0.05) is 19.1 Å². The minimum atomic E-state index is -3.77. The summed E-state index contributed by atoms with van der Waals surface area (Å²) >= 11 is 0. The van der Waals surface area contributed by atoms with Gasteiger partial charge in [0.1, 0.15) is 12.4 Å². The third kappa shape index (κ3) is 6.26. The van der Waals surface area contributed by atoms with Gasteiger partial charge in [0.15, 0.2) is 9.84 Å². The summed E-state index contributed by atoms with van der Waals surface area (Å²) in [5.41, 5.74) is 0.871. The second-order valence-corrected chi connectivity index (χ2v) is 10.5. The fourth-order valence-electron chi connectivity index (χ4n) is 2.75. The number of rotatable bonds is 8. The number of sulfonamides is 1. The van der Waals surface area contributed by atoms with Gasteiger partial charge in [-0.2, -0.15) is 0 Å². The number of nitrogens with one attached hydrogen (secondary N) is 1. The first-order chi connectivity index (χ1) is 13.4. The number of hydrogen-bond donors (Lipinski definition) is 1. The van der Waals surface area contributed by atoms with Crippen LogP contribution in [0.15, 0.2) is 53.4 Å². The van der Waals surface area contributed by atoms with Crippen LogP contribution in [0.5, 0.6) is 0 Å². The number of benzene rings is 2. The first-order valence-corrected chi connectivity index (χ1v) is 12.5. The lowest BCUT2D eigenvalue weighted by Gasteiger charge is -2.24. The van der Waals surface area contributed by atoms with E-state index in [0.29, 0.717) is 12.0 Å². The Balaban J connectivity index is 2.18. The molecule has 2 rings (SSSR count). The van der Waals surface area contributed by atoms with Crippen LogP contribution in [-0.4, -0.2) is 41.8 Å². The van der Waals surface area contributed by atoms with E-state index in [1.165, 1.54) is 24.3 Å². The minimum absolute atomic E-state index is 0.169. The summed E-state index contributed by atoms with van der Waals surface area (Å²) < 4.78 is 61.4. The molecule has 0 aliphatic carbocycles. The van der Waals surface area contributed by atoms with Crippen LogP contribution in [-0.2, 0) is 24.7 Å². The van der Waals surface area contributed by atoms with Crippen molar-refractivity contribution < 1.29 is 26.0 Å². The lowest BCUT2D eigenvalue weighted by Crippen LogP contribution is -2.41. The van der Waals surface area contributed by atoms with Crippen LogP contribution in [0.1, 0.15) is 24.9 Å². The summed E-state index contributed by atoms with van der Waals surface area (Å²) in [6.07, 6.45) is 2.58. The van der Waals surface area contributed by atoms with Crippen LogP contribution < -0.4 is 9.62 Å². The molecule has 0 fully saturated rings. The molecular weight excluding hydrogens is 419 g/mol. The second kappa shape index (κ2) is 8.91. The number of sulfone groups is 1. The van der Waals surface area contributed by atoms with Crippen molar-refractivity contribution in [3.8, 4) is 0 Å². The highest BCUT2D eigenvalue weighted by Gasteiger charge is 2.22. The van der Waals surface area contributed by atoms with Crippen molar-refractivity contribution >= 4 is 31.5 Å². The Morgan fingerprint density at radius 3 is 2.00 bits per heavy atom. The minimum Gasteiger partial charge on any atom is -0.348 e. The predicted octanol–water partition coefficient (Wildman–Crippen LogP) is 2.26. The normalized spacial score (nSPS) is 13.0. The van der Waals surface area contributed by atoms with Crippen LogP contribution in [0.25, 0.3) is 0 Å². The van der Waals surface area contributed by atoms with Gasteiger partial charge in [0.25, 0.3) is 0 Å². The molecular formula is C19H23FN2O5S2. The molecule has 1 amide bonds. The fourth-order valence-corrected chi connectivity index (χ4v) is 4.23. The monoisotopic (exact) mass is 442 g/mol. The highest BCUT2D eigenvalue weighted by atomic mass is 32.2. The molecule has 1 N–H and O–H groups in total. The van der Waals surface area contributed by atoms with Crippen molar-refractivity contribution in [3.63, 3.8) is 0 Å². The van der Waals surface area contributed by atoms with Crippen LogP contribution in [0, 0.1) is 5.82 Å². The first kappa shape index (κ1) is 22.8. The van der Waals surface area contributed by atoms with Crippen molar-refractivity contribution in [3.05, 3.63) is 59.9 Å². The third-order valence-corrected chi connectivity index (χ3v) is 6.53. The molecule has 2 aromatic carbocycles. The van der Waals surface area contributed by atoms with E-state index in [0.717, 1.165) is 28.9 Å². The number of carbonyl (C=O) groups is 1. The molecule has 0 radical (unpaired) electrons. The Labute approximate surface area is 170 Å². The number of halogens is 1. The first-order valence-electron chi connectivity index (χ1n) is 8.74. The number of carbonyl (C=O) groups excluding carboxylic acids is 1. The molecule has 0 saturated heterocycles. The van der Waals surface area contributed by atoms with Crippen molar-refractivity contribution in [2.75, 3.05) is 23.4 Å². The molecule has 0 heterocycles. The lowest BCUT2D eigenvalue weighted by molar-refractivity contribution is -0.120. The summed E-state index contributed by atoms with van der Waals surface area (Å²) in [5.74, 6) is -1.06. The molecule has 0 aliphatic rings. The summed E-state index contributed by atoms with van der Waals surface area (Å²) in [5, 5.41) is 2.76. The van der Waals surface area contributed by atoms with Crippen LogP contribution >= 0.6 is 0 Å². The Hall–Kier alpha value is -2.46. The van der Waals surface area contributed by atoms with E-state index in [1.54, 1.807) is 12.1 Å². The van der Waals surface area contributed by atoms with Gasteiger partial charge in [-0.15, -0.1) is 0 Å². The maximum Gasteiger partial charge on any atom is 0.241 e. The van der Waals surface area contributed by atoms with Gasteiger partial charge >= 0.3 is 0 Å². The maximum atomic E-state index is 13.1. The van der Waals surface area contributed by atoms with Crippen LogP contribution in [0.3, 0.4) is 0 Å². The molecule has 10 heteroatoms. The molecule has 0 saturated carbocycles. The standard InChI is InChI=1S/C19H23FN2O5S2/c1-4-18(14-5-11-17(12-6-14)28(2,24)25)21-19(23)13-22(29(3,26)27)16-9-7-15(20)8-10-16/h5-12,18H,4,13H2,1-3H3,(H,21,23). The number of nitrogens with zero attached hydrogens (tertiary/aromatic N) is 1. The van der Waals surface area contributed by atoms with Crippen LogP contribution in [0.4, 0.5) is 10.1 Å². The maximum absolute atomic E-state index is 13.1. The average molecular weight is 443 g/mol. The van der Waals surface area contributed by atoms with Crippen LogP contribution in [0.2, 0.25) is 0 Å². The zero-order valence-electron chi connectivity index (χ0n) is 16.3. The number of hydrogen-bond acceptors (Lipinski definition) is 5. The largest absolute Gasteiger partial charge is 0.348 e. The molecule has 0 bridgehead atoms. The van der Waals surface area contributed by atoms with Gasteiger partial charge in [0, 0.05) is 6.26 Å². The summed E-state index contributed by atoms with van der Waals surface area (Å²) in [4.78, 5) is 12.7. The molecule has 29 heavy (non-hydrogen) atoms. The molecule has 0 aromatic heterocycles. The third-order valence-electron chi connectivity index (χ3n) is 4.26. The van der Waals surface area contributed by atoms with Gasteiger partial charge in [0.2, 0.25) is 15.9 Å². The van der Waals surface area contributed by atoms with E-state index in [1.807, 2.05) is 6.92 Å². The molecule has 2 aromatic rings. The lowest BCUT2D eigenvalue weighted by atomic mass is 10.0. The van der Waals surface area contributed by atoms with E-state index in [4.69, 9.17) is 0 Å². The molecule has 1 unspecified atom stereocenters. The molecule has 0 spiro atoms. The highest BCUT2D eigenvalue weighted by Crippen LogP contribution is 2.21. The quantitative estimate of drug-likeness (QED) is 0.676. The Morgan fingerprint density at radius 2 is 1.55 bits per heavy atom. The van der Waals surface area contributed by atoms with Crippen molar-refractivity contribution in [1.29, 1.82) is 0 Å². The van der Waals surface area contributed by atoms with E-state index < -0.39 is 44.2 Å². The summed E-state index contributed by atoms with van der Waals surface area (Å²) in [6, 6.07) is 10.5. The fraction of sp³-hybridized carbons (Fsp3) is 0.316. The number of amides is 1. The van der Waals surface area contributed by atoms with Crippen molar-refractivity contribution in [2.45, 2.75) is 24.3 Å². The molecule has 0 aliphatic heterocycles. The SMILES string of the molecule is CCC(NC(=O)CN(c1ccc(F)cc1)S(C)(=O)=O)c1ccc(S(C)(=O)=O)cc1. The molecule has 7 nitrogen and oxygen atoms in total. The summed E-state index contributed by atoms with van der Waals surface area (Å²) in [6.45, 7) is 1.37. The zero-order valence-corrected chi connectivity index (χ0v) is 17.9. The predicted molar refractivity (Wildman–Crippen MR) is 109 cm³/mol. The van der Waals surface area contributed by atoms with E-state index in [9.17, 15) is 26.0 Å². The number of anilines is 1. The van der Waals surface area contributed by atoms with Gasteiger partial charge in [-0.25, -0.2) is 21.2 Å². The molecule has 158 valence electrons. The van der Waals surface area contributed by atoms with Gasteiger partial charge in [-0.05, 0) is 48.4 Å². The second-order valence-electron chi connectivity index (χ2n) is 6.62. The van der Waals surface area contributed by atoms with Crippen molar-refractivity contribution in [1.82, 2.24) is 5.32 Å². The average Bonchev–Trinajstić information content (AvgIpc) is 2.63. The van der Waals surface area contributed by atoms with E-state index in [2.05, 4.69) is 5.32 Å². The molecule has 1 atom stereocenters.